The van der Waals surface area contributed by atoms with E-state index in [1.54, 1.807) is 12.1 Å². The largest absolute Gasteiger partial charge is 0.383 e. The van der Waals surface area contributed by atoms with Gasteiger partial charge in [0.05, 0.1) is 16.3 Å². The molecule has 3 rings (SSSR count). The summed E-state index contributed by atoms with van der Waals surface area (Å²) in [5.41, 5.74) is 3.07. The molecule has 0 atom stereocenters. The van der Waals surface area contributed by atoms with Gasteiger partial charge >= 0.3 is 0 Å². The second-order valence-corrected chi connectivity index (χ2v) is 7.29. The van der Waals surface area contributed by atoms with Gasteiger partial charge in [-0.25, -0.2) is 0 Å². The molecular formula is C20H24N3O2+. The summed E-state index contributed by atoms with van der Waals surface area (Å²) in [6, 6.07) is 5.20. The maximum atomic E-state index is 11.2. The van der Waals surface area contributed by atoms with E-state index in [-0.39, 0.29) is 16.0 Å². The van der Waals surface area contributed by atoms with Crippen LogP contribution in [0.3, 0.4) is 0 Å². The van der Waals surface area contributed by atoms with Gasteiger partial charge in [-0.15, -0.1) is 0 Å². The van der Waals surface area contributed by atoms with Crippen LogP contribution in [0, 0.1) is 16.0 Å². The van der Waals surface area contributed by atoms with Crippen molar-refractivity contribution in [1.82, 2.24) is 4.90 Å². The SMILES string of the molecule is CN(C)/C=C/C1=[N+](CC2C=CC=C2)c2ccc([N+](=O)[O-])cc2C1(C)C. The maximum absolute atomic E-state index is 11.2. The fourth-order valence-corrected chi connectivity index (χ4v) is 3.50. The highest BCUT2D eigenvalue weighted by atomic mass is 16.6. The van der Waals surface area contributed by atoms with Gasteiger partial charge in [-0.2, -0.15) is 4.58 Å². The Hall–Kier alpha value is -2.69. The Morgan fingerprint density at radius 2 is 1.96 bits per heavy atom. The molecule has 2 aliphatic rings. The molecule has 1 heterocycles. The van der Waals surface area contributed by atoms with E-state index < -0.39 is 0 Å². The molecule has 5 nitrogen and oxygen atoms in total. The number of rotatable bonds is 5. The van der Waals surface area contributed by atoms with Crippen molar-refractivity contribution in [3.63, 3.8) is 0 Å². The topological polar surface area (TPSA) is 49.4 Å². The third-order valence-electron chi connectivity index (χ3n) is 4.84. The number of benzene rings is 1. The molecule has 0 amide bonds. The molecule has 0 radical (unpaired) electrons. The van der Waals surface area contributed by atoms with Gasteiger partial charge < -0.3 is 4.90 Å². The Morgan fingerprint density at radius 1 is 1.28 bits per heavy atom. The number of nitro groups is 1. The highest BCUT2D eigenvalue weighted by molar-refractivity contribution is 6.03. The number of allylic oxidation sites excluding steroid dienone is 3. The molecule has 0 N–H and O–H groups in total. The first kappa shape index (κ1) is 17.1. The van der Waals surface area contributed by atoms with Crippen molar-refractivity contribution in [2.24, 2.45) is 5.92 Å². The predicted octanol–water partition coefficient (Wildman–Crippen LogP) is 3.79. The van der Waals surface area contributed by atoms with Crippen molar-refractivity contribution in [2.45, 2.75) is 19.3 Å². The first-order valence-corrected chi connectivity index (χ1v) is 8.44. The monoisotopic (exact) mass is 338 g/mol. The minimum Gasteiger partial charge on any atom is -0.383 e. The van der Waals surface area contributed by atoms with Gasteiger partial charge in [0.2, 0.25) is 5.69 Å². The second kappa shape index (κ2) is 6.31. The first-order chi connectivity index (χ1) is 11.8. The third-order valence-corrected chi connectivity index (χ3v) is 4.84. The minimum atomic E-state index is -0.323. The van der Waals surface area contributed by atoms with E-state index in [1.807, 2.05) is 31.3 Å². The number of nitro benzene ring substituents is 1. The highest BCUT2D eigenvalue weighted by Crippen LogP contribution is 2.42. The van der Waals surface area contributed by atoms with Crippen LogP contribution >= 0.6 is 0 Å². The molecule has 1 aromatic rings. The molecule has 0 saturated carbocycles. The molecule has 0 fully saturated rings. The quantitative estimate of drug-likeness (QED) is 0.466. The number of non-ortho nitro benzene ring substituents is 1. The fourth-order valence-electron chi connectivity index (χ4n) is 3.50. The van der Waals surface area contributed by atoms with E-state index in [0.29, 0.717) is 5.92 Å². The molecule has 1 aliphatic carbocycles. The normalized spacial score (nSPS) is 18.4. The fraction of sp³-hybridized carbons (Fsp3) is 0.350. The highest BCUT2D eigenvalue weighted by Gasteiger charge is 2.45. The molecule has 0 spiro atoms. The van der Waals surface area contributed by atoms with Crippen LogP contribution < -0.4 is 0 Å². The van der Waals surface area contributed by atoms with Crippen molar-refractivity contribution in [1.29, 1.82) is 0 Å². The summed E-state index contributed by atoms with van der Waals surface area (Å²) in [4.78, 5) is 12.9. The van der Waals surface area contributed by atoms with E-state index in [9.17, 15) is 10.1 Å². The molecule has 25 heavy (non-hydrogen) atoms. The lowest BCUT2D eigenvalue weighted by molar-refractivity contribution is -0.442. The molecule has 0 saturated heterocycles. The smallest absolute Gasteiger partial charge is 0.270 e. The number of hydrogen-bond acceptors (Lipinski definition) is 3. The van der Waals surface area contributed by atoms with Gasteiger partial charge in [0.15, 0.2) is 12.3 Å². The van der Waals surface area contributed by atoms with Crippen molar-refractivity contribution in [3.8, 4) is 0 Å². The Bertz CT molecular complexity index is 817. The number of hydrogen-bond donors (Lipinski definition) is 0. The predicted molar refractivity (Wildman–Crippen MR) is 101 cm³/mol. The van der Waals surface area contributed by atoms with Crippen LogP contribution in [0.5, 0.6) is 0 Å². The third kappa shape index (κ3) is 3.14. The van der Waals surface area contributed by atoms with Crippen molar-refractivity contribution >= 4 is 17.1 Å². The summed E-state index contributed by atoms with van der Waals surface area (Å²) in [6.45, 7) is 5.09. The van der Waals surface area contributed by atoms with Gasteiger partial charge in [-0.05, 0) is 13.8 Å². The second-order valence-electron chi connectivity index (χ2n) is 7.29. The Balaban J connectivity index is 2.12. The molecule has 130 valence electrons. The van der Waals surface area contributed by atoms with Crippen LogP contribution in [0.15, 0.2) is 54.8 Å². The van der Waals surface area contributed by atoms with Gasteiger partial charge in [-0.3, -0.25) is 10.1 Å². The van der Waals surface area contributed by atoms with E-state index in [1.165, 1.54) is 0 Å². The minimum absolute atomic E-state index is 0.144. The zero-order valence-corrected chi connectivity index (χ0v) is 15.1. The van der Waals surface area contributed by atoms with Crippen LogP contribution in [-0.4, -0.2) is 40.8 Å². The van der Waals surface area contributed by atoms with E-state index >= 15 is 0 Å². The zero-order chi connectivity index (χ0) is 18.2. The van der Waals surface area contributed by atoms with Crippen LogP contribution in [0.2, 0.25) is 0 Å². The van der Waals surface area contributed by atoms with Crippen molar-refractivity contribution < 1.29 is 9.50 Å². The van der Waals surface area contributed by atoms with Crippen LogP contribution in [0.1, 0.15) is 19.4 Å². The first-order valence-electron chi connectivity index (χ1n) is 8.44. The average Bonchev–Trinajstić information content (AvgIpc) is 3.12. The summed E-state index contributed by atoms with van der Waals surface area (Å²) < 4.78 is 2.30. The standard InChI is InChI=1S/C20H24N3O2/c1-20(2)17-13-16(23(24)25)9-10-18(17)22(14-15-7-5-6-8-15)19(20)11-12-21(3)4/h5-13,15H,14H2,1-4H3/q+1. The van der Waals surface area contributed by atoms with Gasteiger partial charge in [0.25, 0.3) is 5.69 Å². The molecule has 0 bridgehead atoms. The maximum Gasteiger partial charge on any atom is 0.270 e. The Kier molecular flexibility index (Phi) is 4.33. The zero-order valence-electron chi connectivity index (χ0n) is 15.1. The van der Waals surface area contributed by atoms with Crippen molar-refractivity contribution in [2.75, 3.05) is 20.6 Å². The summed E-state index contributed by atoms with van der Waals surface area (Å²) in [5, 5.41) is 11.2. The number of fused-ring (bicyclic) bond motifs is 1. The van der Waals surface area contributed by atoms with Gasteiger partial charge in [-0.1, -0.05) is 24.3 Å². The molecule has 1 aromatic carbocycles. The lowest BCUT2D eigenvalue weighted by Crippen LogP contribution is -2.29. The van der Waals surface area contributed by atoms with Gasteiger partial charge in [0.1, 0.15) is 0 Å². The Morgan fingerprint density at radius 3 is 2.56 bits per heavy atom. The van der Waals surface area contributed by atoms with Crippen LogP contribution in [0.4, 0.5) is 11.4 Å². The Labute approximate surface area is 148 Å². The molecule has 0 aromatic heterocycles. The molecular weight excluding hydrogens is 314 g/mol. The lowest BCUT2D eigenvalue weighted by atomic mass is 9.81. The average molecular weight is 338 g/mol. The van der Waals surface area contributed by atoms with E-state index in [4.69, 9.17) is 0 Å². The number of nitrogens with zero attached hydrogens (tertiary/aromatic N) is 3. The summed E-state index contributed by atoms with van der Waals surface area (Å²) >= 11 is 0. The van der Waals surface area contributed by atoms with E-state index in [0.717, 1.165) is 23.5 Å². The van der Waals surface area contributed by atoms with Crippen molar-refractivity contribution in [3.05, 3.63) is 70.5 Å². The summed E-state index contributed by atoms with van der Waals surface area (Å²) in [5.74, 6) is 0.347. The van der Waals surface area contributed by atoms with Crippen LogP contribution in [-0.2, 0) is 5.41 Å². The van der Waals surface area contributed by atoms with Crippen LogP contribution in [0.25, 0.3) is 0 Å². The van der Waals surface area contributed by atoms with E-state index in [2.05, 4.69) is 48.8 Å². The van der Waals surface area contributed by atoms with Gasteiger partial charge in [0, 0.05) is 50.1 Å². The molecule has 5 heteroatoms. The summed E-state index contributed by atoms with van der Waals surface area (Å²) in [7, 11) is 3.98. The molecule has 1 aliphatic heterocycles. The summed E-state index contributed by atoms with van der Waals surface area (Å²) in [6.07, 6.45) is 12.7. The molecule has 0 unspecified atom stereocenters. The lowest BCUT2D eigenvalue weighted by Gasteiger charge is -2.16.